The molecule has 7 heteroatoms. The van der Waals surface area contributed by atoms with E-state index in [0.717, 1.165) is 17.5 Å². The first-order valence-electron chi connectivity index (χ1n) is 5.74. The number of aromatic carboxylic acids is 1. The molecule has 0 atom stereocenters. The number of nitrogens with one attached hydrogen (secondary N) is 2. The molecule has 0 radical (unpaired) electrons. The molecule has 0 aliphatic rings. The molecule has 2 aromatic heterocycles. The number of pyridine rings is 1. The molecule has 0 aliphatic carbocycles. The molecular weight excluding hydrogens is 248 g/mol. The Morgan fingerprint density at radius 3 is 2.89 bits per heavy atom. The largest absolute Gasteiger partial charge is 0.476 e. The normalized spacial score (nSPS) is 10.2. The maximum atomic E-state index is 10.6. The van der Waals surface area contributed by atoms with Gasteiger partial charge in [0, 0.05) is 31.2 Å². The van der Waals surface area contributed by atoms with Gasteiger partial charge in [0.2, 0.25) is 0 Å². The number of anilines is 2. The monoisotopic (exact) mass is 262 g/mol. The van der Waals surface area contributed by atoms with Crippen molar-refractivity contribution in [1.29, 1.82) is 0 Å². The molecule has 0 bridgehead atoms. The summed E-state index contributed by atoms with van der Waals surface area (Å²) in [6.07, 6.45) is 4.60. The third-order valence-electron chi connectivity index (χ3n) is 2.46. The van der Waals surface area contributed by atoms with Crippen molar-refractivity contribution < 1.29 is 14.3 Å². The molecule has 2 heterocycles. The number of aromatic nitrogens is 2. The number of rotatable bonds is 6. The fraction of sp³-hybridized carbons (Fsp3) is 0.250. The fourth-order valence-corrected chi connectivity index (χ4v) is 1.49. The SMILES string of the molecule is Cc1cnccc1NCCNc1nc(C(=O)O)co1. The van der Waals surface area contributed by atoms with Gasteiger partial charge in [-0.2, -0.15) is 4.98 Å². The quantitative estimate of drug-likeness (QED) is 0.680. The van der Waals surface area contributed by atoms with Gasteiger partial charge in [0.25, 0.3) is 6.01 Å². The van der Waals surface area contributed by atoms with E-state index in [4.69, 9.17) is 9.52 Å². The van der Waals surface area contributed by atoms with Crippen molar-refractivity contribution in [3.05, 3.63) is 36.0 Å². The second-order valence-corrected chi connectivity index (χ2v) is 3.89. The predicted molar refractivity (Wildman–Crippen MR) is 69.4 cm³/mol. The number of hydrogen-bond acceptors (Lipinski definition) is 6. The summed E-state index contributed by atoms with van der Waals surface area (Å²) in [5.74, 6) is -1.11. The molecular formula is C12H14N4O3. The number of carboxylic acid groups (broad SMARTS) is 1. The second-order valence-electron chi connectivity index (χ2n) is 3.89. The van der Waals surface area contributed by atoms with E-state index in [1.807, 2.05) is 13.0 Å². The molecule has 7 nitrogen and oxygen atoms in total. The minimum atomic E-state index is -1.11. The van der Waals surface area contributed by atoms with Crippen LogP contribution in [0.5, 0.6) is 0 Å². The molecule has 0 aliphatic heterocycles. The topological polar surface area (TPSA) is 100 Å². The highest BCUT2D eigenvalue weighted by molar-refractivity contribution is 5.85. The van der Waals surface area contributed by atoms with E-state index >= 15 is 0 Å². The Bertz CT molecular complexity index is 568. The number of carbonyl (C=O) groups is 1. The molecule has 3 N–H and O–H groups in total. The molecule has 0 saturated carbocycles. The molecule has 19 heavy (non-hydrogen) atoms. The van der Waals surface area contributed by atoms with E-state index in [1.165, 1.54) is 0 Å². The Morgan fingerprint density at radius 1 is 1.42 bits per heavy atom. The van der Waals surface area contributed by atoms with E-state index in [0.29, 0.717) is 13.1 Å². The molecule has 0 fully saturated rings. The van der Waals surface area contributed by atoms with Crippen molar-refractivity contribution in [2.75, 3.05) is 23.7 Å². The van der Waals surface area contributed by atoms with Crippen LogP contribution in [0.3, 0.4) is 0 Å². The van der Waals surface area contributed by atoms with Gasteiger partial charge < -0.3 is 20.2 Å². The van der Waals surface area contributed by atoms with Crippen molar-refractivity contribution in [3.8, 4) is 0 Å². The molecule has 100 valence electrons. The van der Waals surface area contributed by atoms with Crippen molar-refractivity contribution >= 4 is 17.7 Å². The van der Waals surface area contributed by atoms with Crippen LogP contribution in [0, 0.1) is 6.92 Å². The zero-order valence-corrected chi connectivity index (χ0v) is 10.4. The summed E-state index contributed by atoms with van der Waals surface area (Å²) in [7, 11) is 0. The summed E-state index contributed by atoms with van der Waals surface area (Å²) in [5.41, 5.74) is 1.96. The van der Waals surface area contributed by atoms with E-state index in [9.17, 15) is 4.79 Å². The molecule has 0 aromatic carbocycles. The lowest BCUT2D eigenvalue weighted by Gasteiger charge is -2.08. The Hall–Kier alpha value is -2.57. The molecule has 0 saturated heterocycles. The van der Waals surface area contributed by atoms with Gasteiger partial charge in [-0.1, -0.05) is 0 Å². The average molecular weight is 262 g/mol. The van der Waals surface area contributed by atoms with Gasteiger partial charge in [-0.25, -0.2) is 4.79 Å². The van der Waals surface area contributed by atoms with Crippen molar-refractivity contribution in [2.24, 2.45) is 0 Å². The van der Waals surface area contributed by atoms with Crippen LogP contribution in [0.4, 0.5) is 11.7 Å². The van der Waals surface area contributed by atoms with Crippen molar-refractivity contribution in [1.82, 2.24) is 9.97 Å². The first-order valence-corrected chi connectivity index (χ1v) is 5.74. The van der Waals surface area contributed by atoms with E-state index < -0.39 is 5.97 Å². The summed E-state index contributed by atoms with van der Waals surface area (Å²) in [6.45, 7) is 3.17. The Morgan fingerprint density at radius 2 is 2.21 bits per heavy atom. The first-order chi connectivity index (χ1) is 9.16. The third kappa shape index (κ3) is 3.44. The third-order valence-corrected chi connectivity index (χ3v) is 2.46. The van der Waals surface area contributed by atoms with Crippen LogP contribution in [0.25, 0.3) is 0 Å². The van der Waals surface area contributed by atoms with E-state index in [-0.39, 0.29) is 11.7 Å². The first kappa shape index (κ1) is 12.9. The van der Waals surface area contributed by atoms with Gasteiger partial charge >= 0.3 is 5.97 Å². The lowest BCUT2D eigenvalue weighted by molar-refractivity contribution is 0.0690. The summed E-state index contributed by atoms with van der Waals surface area (Å²) < 4.78 is 4.96. The van der Waals surface area contributed by atoms with Gasteiger partial charge in [0.1, 0.15) is 6.26 Å². The number of carboxylic acids is 1. The molecule has 2 rings (SSSR count). The highest BCUT2D eigenvalue weighted by Gasteiger charge is 2.09. The predicted octanol–water partition coefficient (Wildman–Crippen LogP) is 1.60. The van der Waals surface area contributed by atoms with Gasteiger partial charge in [0.05, 0.1) is 0 Å². The highest BCUT2D eigenvalue weighted by Crippen LogP contribution is 2.11. The van der Waals surface area contributed by atoms with Crippen LogP contribution < -0.4 is 10.6 Å². The zero-order valence-electron chi connectivity index (χ0n) is 10.4. The smallest absolute Gasteiger partial charge is 0.357 e. The number of aryl methyl sites for hydroxylation is 1. The lowest BCUT2D eigenvalue weighted by atomic mass is 10.2. The molecule has 0 spiro atoms. The van der Waals surface area contributed by atoms with Crippen molar-refractivity contribution in [2.45, 2.75) is 6.92 Å². The van der Waals surface area contributed by atoms with Crippen LogP contribution in [-0.2, 0) is 0 Å². The Balaban J connectivity index is 1.77. The summed E-state index contributed by atoms with van der Waals surface area (Å²) in [4.78, 5) is 18.4. The Labute approximate surface area is 109 Å². The fourth-order valence-electron chi connectivity index (χ4n) is 1.49. The molecule has 0 unspecified atom stereocenters. The highest BCUT2D eigenvalue weighted by atomic mass is 16.4. The van der Waals surface area contributed by atoms with Crippen LogP contribution in [0.15, 0.2) is 29.1 Å². The van der Waals surface area contributed by atoms with Crippen LogP contribution >= 0.6 is 0 Å². The van der Waals surface area contributed by atoms with Crippen LogP contribution in [0.1, 0.15) is 16.1 Å². The average Bonchev–Trinajstić information content (AvgIpc) is 2.85. The lowest BCUT2D eigenvalue weighted by Crippen LogP contribution is -2.14. The van der Waals surface area contributed by atoms with Crippen LogP contribution in [-0.4, -0.2) is 34.1 Å². The number of oxazole rings is 1. The zero-order chi connectivity index (χ0) is 13.7. The van der Waals surface area contributed by atoms with Crippen molar-refractivity contribution in [3.63, 3.8) is 0 Å². The van der Waals surface area contributed by atoms with Gasteiger partial charge in [0.15, 0.2) is 5.69 Å². The van der Waals surface area contributed by atoms with Gasteiger partial charge in [-0.15, -0.1) is 0 Å². The molecule has 2 aromatic rings. The Kier molecular flexibility index (Phi) is 3.97. The maximum absolute atomic E-state index is 10.6. The number of hydrogen-bond donors (Lipinski definition) is 3. The van der Waals surface area contributed by atoms with Crippen LogP contribution in [0.2, 0.25) is 0 Å². The van der Waals surface area contributed by atoms with Gasteiger partial charge in [-0.05, 0) is 18.6 Å². The minimum absolute atomic E-state index is 0.111. The standard InChI is InChI=1S/C12H14N4O3/c1-8-6-13-3-2-9(8)14-4-5-15-12-16-10(7-19-12)11(17)18/h2-3,6-7H,4-5H2,1H3,(H,13,14)(H,15,16)(H,17,18). The summed E-state index contributed by atoms with van der Waals surface area (Å²) in [5, 5.41) is 14.8. The number of nitrogens with zero attached hydrogens (tertiary/aromatic N) is 2. The second kappa shape index (κ2) is 5.85. The minimum Gasteiger partial charge on any atom is -0.476 e. The maximum Gasteiger partial charge on any atom is 0.357 e. The van der Waals surface area contributed by atoms with Gasteiger partial charge in [-0.3, -0.25) is 4.98 Å². The summed E-state index contributed by atoms with van der Waals surface area (Å²) in [6, 6.07) is 2.09. The van der Waals surface area contributed by atoms with E-state index in [1.54, 1.807) is 12.4 Å². The summed E-state index contributed by atoms with van der Waals surface area (Å²) >= 11 is 0. The van der Waals surface area contributed by atoms with E-state index in [2.05, 4.69) is 20.6 Å². The molecule has 0 amide bonds.